The zero-order valence-corrected chi connectivity index (χ0v) is 8.86. The van der Waals surface area contributed by atoms with E-state index in [1.54, 1.807) is 0 Å². The molecule has 0 bridgehead atoms. The molecule has 0 aliphatic heterocycles. The van der Waals surface area contributed by atoms with Crippen LogP contribution in [0.15, 0.2) is 38.6 Å². The SMILES string of the molecule is O=c1cc2c(=O)[nH][nH]c(=O)n2c2ccc(F)cc12. The molecule has 0 amide bonds. The second kappa shape index (κ2) is 3.39. The van der Waals surface area contributed by atoms with Gasteiger partial charge >= 0.3 is 5.69 Å². The van der Waals surface area contributed by atoms with Gasteiger partial charge in [-0.3, -0.25) is 19.1 Å². The fourth-order valence-electron chi connectivity index (χ4n) is 1.91. The third-order valence-corrected chi connectivity index (χ3v) is 2.69. The Bertz CT molecular complexity index is 952. The number of halogens is 1. The predicted molar refractivity (Wildman–Crippen MR) is 62.4 cm³/mol. The molecule has 0 saturated heterocycles. The summed E-state index contributed by atoms with van der Waals surface area (Å²) in [4.78, 5) is 35.0. The number of nitrogens with one attached hydrogen (secondary N) is 2. The van der Waals surface area contributed by atoms with Crippen molar-refractivity contribution in [1.29, 1.82) is 0 Å². The van der Waals surface area contributed by atoms with Gasteiger partial charge < -0.3 is 0 Å². The Morgan fingerprint density at radius 3 is 2.56 bits per heavy atom. The van der Waals surface area contributed by atoms with E-state index >= 15 is 0 Å². The van der Waals surface area contributed by atoms with Crippen LogP contribution in [0.3, 0.4) is 0 Å². The summed E-state index contributed by atoms with van der Waals surface area (Å²) in [6.07, 6.45) is 0. The number of aromatic amines is 2. The highest BCUT2D eigenvalue weighted by molar-refractivity contribution is 5.82. The first-order valence-corrected chi connectivity index (χ1v) is 5.04. The van der Waals surface area contributed by atoms with Gasteiger partial charge in [0.15, 0.2) is 5.43 Å². The maximum absolute atomic E-state index is 13.1. The van der Waals surface area contributed by atoms with E-state index in [4.69, 9.17) is 0 Å². The van der Waals surface area contributed by atoms with E-state index < -0.39 is 22.5 Å². The number of nitrogens with zero attached hydrogens (tertiary/aromatic N) is 1. The minimum absolute atomic E-state index is 0.0450. The molecule has 18 heavy (non-hydrogen) atoms. The van der Waals surface area contributed by atoms with Crippen LogP contribution in [0.25, 0.3) is 16.4 Å². The Labute approximate surface area is 97.3 Å². The predicted octanol–water partition coefficient (Wildman–Crippen LogP) is -0.0316. The van der Waals surface area contributed by atoms with Crippen LogP contribution in [0, 0.1) is 5.82 Å². The first-order chi connectivity index (χ1) is 8.58. The lowest BCUT2D eigenvalue weighted by molar-refractivity contribution is 0.629. The molecule has 90 valence electrons. The summed E-state index contributed by atoms with van der Waals surface area (Å²) in [7, 11) is 0. The molecule has 7 heteroatoms. The molecule has 3 aromatic rings. The fourth-order valence-corrected chi connectivity index (χ4v) is 1.91. The van der Waals surface area contributed by atoms with Crippen molar-refractivity contribution in [2.45, 2.75) is 0 Å². The number of rotatable bonds is 0. The quantitative estimate of drug-likeness (QED) is 0.547. The van der Waals surface area contributed by atoms with Crippen molar-refractivity contribution in [3.63, 3.8) is 0 Å². The van der Waals surface area contributed by atoms with Crippen LogP contribution >= 0.6 is 0 Å². The van der Waals surface area contributed by atoms with E-state index in [1.165, 1.54) is 6.07 Å². The lowest BCUT2D eigenvalue weighted by Crippen LogP contribution is -2.28. The highest BCUT2D eigenvalue weighted by atomic mass is 19.1. The Hall–Kier alpha value is -2.70. The molecule has 0 unspecified atom stereocenters. The highest BCUT2D eigenvalue weighted by Crippen LogP contribution is 2.11. The van der Waals surface area contributed by atoms with Gasteiger partial charge in [0.05, 0.1) is 5.52 Å². The molecule has 0 fully saturated rings. The summed E-state index contributed by atoms with van der Waals surface area (Å²) in [6.45, 7) is 0. The van der Waals surface area contributed by atoms with Crippen molar-refractivity contribution in [2.24, 2.45) is 0 Å². The third-order valence-electron chi connectivity index (χ3n) is 2.69. The van der Waals surface area contributed by atoms with Crippen LogP contribution in [0.2, 0.25) is 0 Å². The molecule has 2 N–H and O–H groups in total. The first kappa shape index (κ1) is 10.5. The average molecular weight is 247 g/mol. The Kier molecular flexibility index (Phi) is 1.97. The van der Waals surface area contributed by atoms with E-state index in [2.05, 4.69) is 10.2 Å². The maximum Gasteiger partial charge on any atom is 0.345 e. The first-order valence-electron chi connectivity index (χ1n) is 5.04. The molecule has 0 atom stereocenters. The minimum Gasteiger partial charge on any atom is -0.289 e. The molecule has 3 rings (SSSR count). The summed E-state index contributed by atoms with van der Waals surface area (Å²) in [5.74, 6) is -0.583. The van der Waals surface area contributed by atoms with Gasteiger partial charge in [0.1, 0.15) is 11.3 Å². The lowest BCUT2D eigenvalue weighted by atomic mass is 10.2. The van der Waals surface area contributed by atoms with Gasteiger partial charge in [-0.2, -0.15) is 0 Å². The average Bonchev–Trinajstić information content (AvgIpc) is 2.34. The summed E-state index contributed by atoms with van der Waals surface area (Å²) in [6, 6.07) is 4.45. The molecule has 0 spiro atoms. The van der Waals surface area contributed by atoms with Gasteiger partial charge in [-0.15, -0.1) is 0 Å². The number of hydrogen-bond donors (Lipinski definition) is 2. The monoisotopic (exact) mass is 247 g/mol. The van der Waals surface area contributed by atoms with Crippen molar-refractivity contribution >= 4 is 16.4 Å². The zero-order valence-electron chi connectivity index (χ0n) is 8.86. The van der Waals surface area contributed by atoms with Gasteiger partial charge in [-0.05, 0) is 18.2 Å². The van der Waals surface area contributed by atoms with Gasteiger partial charge in [-0.1, -0.05) is 0 Å². The minimum atomic E-state index is -0.610. The molecule has 0 aliphatic carbocycles. The lowest BCUT2D eigenvalue weighted by Gasteiger charge is -2.03. The molecular formula is C11H6FN3O3. The van der Waals surface area contributed by atoms with Gasteiger partial charge in [0.2, 0.25) is 0 Å². The molecule has 2 aromatic heterocycles. The van der Waals surface area contributed by atoms with E-state index in [0.717, 1.165) is 22.6 Å². The molecule has 6 nitrogen and oxygen atoms in total. The van der Waals surface area contributed by atoms with Crippen LogP contribution in [0.5, 0.6) is 0 Å². The normalized spacial score (nSPS) is 11.2. The van der Waals surface area contributed by atoms with Crippen LogP contribution in [0.1, 0.15) is 0 Å². The molecule has 0 radical (unpaired) electrons. The number of hydrogen-bond acceptors (Lipinski definition) is 3. The largest absolute Gasteiger partial charge is 0.345 e. The second-order valence-electron chi connectivity index (χ2n) is 3.77. The molecule has 0 saturated carbocycles. The topological polar surface area (TPSA) is 87.2 Å². The van der Waals surface area contributed by atoms with Gasteiger partial charge in [0.25, 0.3) is 5.56 Å². The number of pyridine rings is 1. The summed E-state index contributed by atoms with van der Waals surface area (Å²) in [5.41, 5.74) is -1.62. The maximum atomic E-state index is 13.1. The van der Waals surface area contributed by atoms with Crippen molar-refractivity contribution in [2.75, 3.05) is 0 Å². The van der Waals surface area contributed by atoms with Crippen LogP contribution < -0.4 is 16.7 Å². The van der Waals surface area contributed by atoms with Crippen molar-refractivity contribution in [3.8, 4) is 0 Å². The highest BCUT2D eigenvalue weighted by Gasteiger charge is 2.09. The number of benzene rings is 1. The van der Waals surface area contributed by atoms with Crippen molar-refractivity contribution in [3.05, 3.63) is 61.1 Å². The van der Waals surface area contributed by atoms with Gasteiger partial charge in [-0.25, -0.2) is 14.3 Å². The molecule has 0 aliphatic rings. The summed E-state index contributed by atoms with van der Waals surface area (Å²) < 4.78 is 14.1. The third kappa shape index (κ3) is 1.30. The van der Waals surface area contributed by atoms with Gasteiger partial charge in [0, 0.05) is 11.5 Å². The zero-order chi connectivity index (χ0) is 12.9. The summed E-state index contributed by atoms with van der Waals surface area (Å²) >= 11 is 0. The van der Waals surface area contributed by atoms with Crippen molar-refractivity contribution < 1.29 is 4.39 Å². The smallest absolute Gasteiger partial charge is 0.289 e. The molecule has 1 aromatic carbocycles. The van der Waals surface area contributed by atoms with E-state index in [9.17, 15) is 18.8 Å². The van der Waals surface area contributed by atoms with E-state index in [0.29, 0.717) is 0 Å². The standard InChI is InChI=1S/C11H6FN3O3/c12-5-1-2-7-6(3-5)9(16)4-8-10(17)13-14-11(18)15(7)8/h1-4H,(H,13,17)(H,14,18). The van der Waals surface area contributed by atoms with Crippen LogP contribution in [0.4, 0.5) is 4.39 Å². The fraction of sp³-hybridized carbons (Fsp3) is 0. The number of fused-ring (bicyclic) bond motifs is 3. The van der Waals surface area contributed by atoms with Crippen LogP contribution in [-0.4, -0.2) is 14.6 Å². The molecular weight excluding hydrogens is 241 g/mol. The second-order valence-corrected chi connectivity index (χ2v) is 3.77. The number of aromatic nitrogens is 3. The molecule has 2 heterocycles. The van der Waals surface area contributed by atoms with E-state index in [1.807, 2.05) is 0 Å². The summed E-state index contributed by atoms with van der Waals surface area (Å²) in [5, 5.41) is 4.31. The Balaban J connectivity index is 2.79. The van der Waals surface area contributed by atoms with E-state index in [-0.39, 0.29) is 16.4 Å². The Morgan fingerprint density at radius 1 is 1.00 bits per heavy atom. The Morgan fingerprint density at radius 2 is 1.78 bits per heavy atom. The van der Waals surface area contributed by atoms with Crippen LogP contribution in [-0.2, 0) is 0 Å². The number of H-pyrrole nitrogens is 2. The van der Waals surface area contributed by atoms with Crippen molar-refractivity contribution in [1.82, 2.24) is 14.6 Å².